The first-order valence-electron chi connectivity index (χ1n) is 15.5. The Balaban J connectivity index is 1.48. The summed E-state index contributed by atoms with van der Waals surface area (Å²) in [7, 11) is 0. The van der Waals surface area contributed by atoms with E-state index >= 15 is 0 Å². The number of hydrogen-bond donors (Lipinski definition) is 3. The number of carboxylic acids is 1. The molecule has 1 aromatic carbocycles. The van der Waals surface area contributed by atoms with E-state index in [1.165, 1.54) is 22.3 Å². The van der Waals surface area contributed by atoms with Crippen LogP contribution in [0.25, 0.3) is 21.6 Å². The van der Waals surface area contributed by atoms with Crippen LogP contribution in [0.15, 0.2) is 54.4 Å². The summed E-state index contributed by atoms with van der Waals surface area (Å²) in [6, 6.07) is 9.02. The van der Waals surface area contributed by atoms with Crippen LogP contribution in [0.3, 0.4) is 0 Å². The Hall–Kier alpha value is -4.52. The minimum absolute atomic E-state index is 0.0250. The van der Waals surface area contributed by atoms with Crippen LogP contribution in [0.4, 0.5) is 4.79 Å². The van der Waals surface area contributed by atoms with Crippen molar-refractivity contribution in [3.05, 3.63) is 54.4 Å². The number of alkyl carbamates (subject to hydrolysis) is 1. The van der Waals surface area contributed by atoms with E-state index in [0.29, 0.717) is 16.7 Å². The summed E-state index contributed by atoms with van der Waals surface area (Å²) in [6.07, 6.45) is 0.264. The van der Waals surface area contributed by atoms with E-state index in [4.69, 9.17) is 19.4 Å². The highest BCUT2D eigenvalue weighted by Gasteiger charge is 2.61. The van der Waals surface area contributed by atoms with Gasteiger partial charge in [-0.1, -0.05) is 45.0 Å². The molecule has 3 aromatic rings. The summed E-state index contributed by atoms with van der Waals surface area (Å²) in [4.78, 5) is 65.0. The number of thiophene rings is 1. The Morgan fingerprint density at radius 3 is 2.32 bits per heavy atom. The van der Waals surface area contributed by atoms with Gasteiger partial charge in [-0.15, -0.1) is 17.9 Å². The highest BCUT2D eigenvalue weighted by molar-refractivity contribution is 7.13. The lowest BCUT2D eigenvalue weighted by molar-refractivity contribution is -0.146. The zero-order chi connectivity index (χ0) is 34.3. The lowest BCUT2D eigenvalue weighted by atomic mass is 9.85. The molecule has 5 rings (SSSR count). The van der Waals surface area contributed by atoms with E-state index in [9.17, 15) is 24.3 Å². The lowest BCUT2D eigenvalue weighted by Gasteiger charge is -2.35. The van der Waals surface area contributed by atoms with Crippen molar-refractivity contribution in [2.45, 2.75) is 83.7 Å². The predicted molar refractivity (Wildman–Crippen MR) is 177 cm³/mol. The molecule has 0 bridgehead atoms. The van der Waals surface area contributed by atoms with Crippen molar-refractivity contribution in [2.75, 3.05) is 6.54 Å². The molecule has 2 aromatic heterocycles. The second-order valence-corrected chi connectivity index (χ2v) is 15.0. The summed E-state index contributed by atoms with van der Waals surface area (Å²) >= 11 is 1.47. The lowest BCUT2D eigenvalue weighted by Crippen LogP contribution is -2.59. The van der Waals surface area contributed by atoms with E-state index in [1.54, 1.807) is 41.5 Å². The average molecular weight is 664 g/mol. The van der Waals surface area contributed by atoms with Gasteiger partial charge < -0.3 is 30.1 Å². The Labute approximate surface area is 277 Å². The van der Waals surface area contributed by atoms with Crippen molar-refractivity contribution in [1.82, 2.24) is 25.5 Å². The van der Waals surface area contributed by atoms with Crippen LogP contribution in [0.1, 0.15) is 54.4 Å². The third-order valence-corrected chi connectivity index (χ3v) is 9.10. The highest BCUT2D eigenvalue weighted by Crippen LogP contribution is 2.45. The van der Waals surface area contributed by atoms with Gasteiger partial charge in [0.15, 0.2) is 0 Å². The Morgan fingerprint density at radius 2 is 1.77 bits per heavy atom. The van der Waals surface area contributed by atoms with Crippen molar-refractivity contribution < 1.29 is 33.8 Å². The first-order chi connectivity index (χ1) is 22.0. The zero-order valence-electron chi connectivity index (χ0n) is 27.4. The number of aliphatic carboxylic acids is 1. The van der Waals surface area contributed by atoms with Gasteiger partial charge in [0.05, 0.1) is 22.5 Å². The minimum atomic E-state index is -1.50. The van der Waals surface area contributed by atoms with Gasteiger partial charge in [-0.05, 0) is 56.2 Å². The molecule has 1 unspecified atom stereocenters. The van der Waals surface area contributed by atoms with E-state index in [-0.39, 0.29) is 25.3 Å². The van der Waals surface area contributed by atoms with Gasteiger partial charge in [0.25, 0.3) is 0 Å². The number of para-hydroxylation sites is 2. The number of hydrogen-bond acceptors (Lipinski definition) is 9. The fraction of sp³-hybridized carbons (Fsp3) is 0.471. The fourth-order valence-corrected chi connectivity index (χ4v) is 6.44. The molecule has 0 spiro atoms. The molecule has 5 atom stereocenters. The minimum Gasteiger partial charge on any atom is -0.479 e. The van der Waals surface area contributed by atoms with E-state index in [1.807, 2.05) is 41.8 Å². The third-order valence-electron chi connectivity index (χ3n) is 8.22. The highest BCUT2D eigenvalue weighted by atomic mass is 32.1. The third kappa shape index (κ3) is 7.24. The molecule has 1 saturated heterocycles. The monoisotopic (exact) mass is 663 g/mol. The van der Waals surface area contributed by atoms with Gasteiger partial charge in [0, 0.05) is 12.3 Å². The number of fused-ring (bicyclic) bond motifs is 1. The number of likely N-dealkylation sites (tertiary alicyclic amines) is 1. The second-order valence-electron chi connectivity index (χ2n) is 14.1. The molecule has 12 nitrogen and oxygen atoms in total. The van der Waals surface area contributed by atoms with E-state index in [2.05, 4.69) is 17.2 Å². The first-order valence-corrected chi connectivity index (χ1v) is 16.4. The molecule has 3 amide bonds. The van der Waals surface area contributed by atoms with E-state index < -0.39 is 64.5 Å². The Bertz CT molecular complexity index is 1700. The van der Waals surface area contributed by atoms with Crippen LogP contribution in [0.5, 0.6) is 5.88 Å². The van der Waals surface area contributed by atoms with Crippen molar-refractivity contribution in [3.8, 4) is 16.5 Å². The fourth-order valence-electron chi connectivity index (χ4n) is 5.73. The van der Waals surface area contributed by atoms with Gasteiger partial charge in [0.2, 0.25) is 17.7 Å². The van der Waals surface area contributed by atoms with Crippen LogP contribution in [0, 0.1) is 11.3 Å². The molecule has 250 valence electrons. The van der Waals surface area contributed by atoms with Crippen LogP contribution in [-0.4, -0.2) is 79.7 Å². The molecule has 3 N–H and O–H groups in total. The molecule has 1 aliphatic carbocycles. The number of rotatable bonds is 9. The number of nitrogens with zero attached hydrogens (tertiary/aromatic N) is 3. The Kier molecular flexibility index (Phi) is 9.06. The summed E-state index contributed by atoms with van der Waals surface area (Å²) < 4.78 is 11.9. The SMILES string of the molecule is C=C[C@@H]1CC1(NC(=O)[C@@H]1C[C@@H](Oc2nc3ccccc3nc2-c2cccs2)CN1C(=O)[C@@H](NC(=O)OC(C)(C)C)C(C)(C)C)C(=O)O. The van der Waals surface area contributed by atoms with E-state index in [0.717, 1.165) is 4.88 Å². The summed E-state index contributed by atoms with van der Waals surface area (Å²) in [5.41, 5.74) is -1.25. The van der Waals surface area contributed by atoms with Gasteiger partial charge in [-0.25, -0.2) is 19.6 Å². The average Bonchev–Trinajstić information content (AvgIpc) is 3.29. The molecule has 1 aliphatic heterocycles. The number of carboxylic acid groups (broad SMARTS) is 1. The van der Waals surface area contributed by atoms with Gasteiger partial charge >= 0.3 is 12.1 Å². The van der Waals surface area contributed by atoms with Crippen LogP contribution >= 0.6 is 11.3 Å². The molecular formula is C34H41N5O7S. The number of ether oxygens (including phenoxy) is 2. The van der Waals surface area contributed by atoms with Crippen LogP contribution < -0.4 is 15.4 Å². The maximum absolute atomic E-state index is 14.3. The number of nitrogens with one attached hydrogen (secondary N) is 2. The number of amides is 3. The summed E-state index contributed by atoms with van der Waals surface area (Å²) in [6.45, 7) is 14.2. The summed E-state index contributed by atoms with van der Waals surface area (Å²) in [5.74, 6) is -2.54. The van der Waals surface area contributed by atoms with Crippen molar-refractivity contribution >= 4 is 46.2 Å². The molecule has 13 heteroatoms. The molecule has 2 fully saturated rings. The zero-order valence-corrected chi connectivity index (χ0v) is 28.2. The molecule has 1 saturated carbocycles. The van der Waals surface area contributed by atoms with Crippen LogP contribution in [0.2, 0.25) is 0 Å². The van der Waals surface area contributed by atoms with Crippen LogP contribution in [-0.2, 0) is 19.1 Å². The quantitative estimate of drug-likeness (QED) is 0.274. The summed E-state index contributed by atoms with van der Waals surface area (Å²) in [5, 5.41) is 17.3. The molecule has 3 heterocycles. The number of carbonyl (C=O) groups excluding carboxylic acids is 3. The van der Waals surface area contributed by atoms with Gasteiger partial charge in [-0.3, -0.25) is 9.59 Å². The predicted octanol–water partition coefficient (Wildman–Crippen LogP) is 4.79. The smallest absolute Gasteiger partial charge is 0.408 e. The number of benzene rings is 1. The van der Waals surface area contributed by atoms with Crippen molar-refractivity contribution in [2.24, 2.45) is 11.3 Å². The largest absolute Gasteiger partial charge is 0.479 e. The van der Waals surface area contributed by atoms with Gasteiger partial charge in [0.1, 0.15) is 35.0 Å². The number of aromatic nitrogens is 2. The molecule has 0 radical (unpaired) electrons. The molecule has 2 aliphatic rings. The maximum Gasteiger partial charge on any atom is 0.408 e. The maximum atomic E-state index is 14.3. The van der Waals surface area contributed by atoms with Crippen molar-refractivity contribution in [1.29, 1.82) is 0 Å². The first kappa shape index (κ1) is 33.8. The molecule has 47 heavy (non-hydrogen) atoms. The normalized spacial score (nSPS) is 23.1. The standard InChI is InChI=1S/C34H41N5O7S/c1-8-19-17-34(19,30(42)43)38-27(40)23-16-20(18-39(23)29(41)26(32(2,3)4)37-31(44)46-33(5,6)7)45-28-25(24-14-11-15-47-24)35-21-12-9-10-13-22(21)36-28/h8-15,19-20,23,26H,1,16-18H2,2-7H3,(H,37,44)(H,38,40)(H,42,43)/t19-,20-,23+,26-,34?/m1/s1. The Morgan fingerprint density at radius 1 is 1.09 bits per heavy atom. The number of carbonyl (C=O) groups is 4. The molecular weight excluding hydrogens is 622 g/mol. The van der Waals surface area contributed by atoms with Crippen molar-refractivity contribution in [3.63, 3.8) is 0 Å². The van der Waals surface area contributed by atoms with Gasteiger partial charge in [-0.2, -0.15) is 0 Å². The second kappa shape index (κ2) is 12.6. The topological polar surface area (TPSA) is 160 Å².